The van der Waals surface area contributed by atoms with E-state index in [1.54, 1.807) is 19.4 Å². The van der Waals surface area contributed by atoms with Gasteiger partial charge < -0.3 is 9.64 Å². The molecule has 0 aliphatic carbocycles. The van der Waals surface area contributed by atoms with Crippen LogP contribution in [0.4, 0.5) is 0 Å². The zero-order valence-corrected chi connectivity index (χ0v) is 18.2. The Hall–Kier alpha value is -3.74. The smallest absolute Gasteiger partial charge is 0.272 e. The third kappa shape index (κ3) is 3.93. The van der Waals surface area contributed by atoms with Gasteiger partial charge in [0.2, 0.25) is 0 Å². The molecule has 0 saturated carbocycles. The van der Waals surface area contributed by atoms with Crippen molar-refractivity contribution in [3.8, 4) is 16.9 Å². The van der Waals surface area contributed by atoms with E-state index in [9.17, 15) is 4.79 Å². The lowest BCUT2D eigenvalue weighted by molar-refractivity contribution is 0.0698. The Balaban J connectivity index is 1.38. The molecule has 0 spiro atoms. The number of aryl methyl sites for hydroxylation is 1. The lowest BCUT2D eigenvalue weighted by Gasteiger charge is -2.31. The molecule has 0 bridgehead atoms. The van der Waals surface area contributed by atoms with E-state index in [1.165, 1.54) is 0 Å². The van der Waals surface area contributed by atoms with Crippen molar-refractivity contribution in [2.24, 2.45) is 0 Å². The van der Waals surface area contributed by atoms with Gasteiger partial charge in [0, 0.05) is 37.0 Å². The first-order valence-electron chi connectivity index (χ1n) is 10.8. The van der Waals surface area contributed by atoms with Crippen LogP contribution >= 0.6 is 0 Å². The van der Waals surface area contributed by atoms with Crippen molar-refractivity contribution in [3.63, 3.8) is 0 Å². The Morgan fingerprint density at radius 2 is 2.03 bits per heavy atom. The molecule has 1 fully saturated rings. The number of likely N-dealkylation sites (tertiary alicyclic amines) is 1. The van der Waals surface area contributed by atoms with Gasteiger partial charge in [0.25, 0.3) is 5.91 Å². The van der Waals surface area contributed by atoms with Gasteiger partial charge in [-0.05, 0) is 61.2 Å². The molecule has 1 aliphatic heterocycles. The fourth-order valence-electron chi connectivity index (χ4n) is 4.18. The summed E-state index contributed by atoms with van der Waals surface area (Å²) < 4.78 is 7.17. The summed E-state index contributed by atoms with van der Waals surface area (Å²) in [4.78, 5) is 23.9. The summed E-state index contributed by atoms with van der Waals surface area (Å²) in [6.45, 7) is 3.30. The quantitative estimate of drug-likeness (QED) is 0.490. The number of benzene rings is 1. The topological polar surface area (TPSA) is 72.6 Å². The number of nitrogens with zero attached hydrogens (tertiary/aromatic N) is 5. The standard InChI is InChI=1S/C25H25N5O2/c1-17-8-10-22(26-14-17)25(31)29-12-4-6-20(15-29)24-27-23-11-9-19(16-30(23)28-24)18-5-3-7-21(13-18)32-2/h3,5,7-11,13-14,16,20H,4,6,12,15H2,1-2H3. The maximum atomic E-state index is 12.9. The number of ether oxygens (including phenoxy) is 1. The van der Waals surface area contributed by atoms with Gasteiger partial charge in [-0.2, -0.15) is 5.10 Å². The van der Waals surface area contributed by atoms with E-state index < -0.39 is 0 Å². The molecular formula is C25H25N5O2. The number of piperidine rings is 1. The summed E-state index contributed by atoms with van der Waals surface area (Å²) in [5, 5.41) is 4.76. The number of rotatable bonds is 4. The number of hydrogen-bond donors (Lipinski definition) is 0. The maximum Gasteiger partial charge on any atom is 0.272 e. The van der Waals surface area contributed by atoms with Gasteiger partial charge >= 0.3 is 0 Å². The molecule has 1 unspecified atom stereocenters. The van der Waals surface area contributed by atoms with Crippen molar-refractivity contribution in [2.75, 3.05) is 20.2 Å². The molecule has 3 aromatic heterocycles. The molecular weight excluding hydrogens is 402 g/mol. The van der Waals surface area contributed by atoms with Gasteiger partial charge in [0.05, 0.1) is 7.11 Å². The molecule has 4 heterocycles. The van der Waals surface area contributed by atoms with Crippen molar-refractivity contribution in [2.45, 2.75) is 25.7 Å². The van der Waals surface area contributed by atoms with E-state index >= 15 is 0 Å². The fraction of sp³-hybridized carbons (Fsp3) is 0.280. The number of aromatic nitrogens is 4. The Morgan fingerprint density at radius 1 is 1.12 bits per heavy atom. The first-order valence-corrected chi connectivity index (χ1v) is 10.8. The molecule has 32 heavy (non-hydrogen) atoms. The van der Waals surface area contributed by atoms with Crippen LogP contribution in [0.1, 0.15) is 40.6 Å². The zero-order chi connectivity index (χ0) is 22.1. The molecule has 1 saturated heterocycles. The van der Waals surface area contributed by atoms with Crippen LogP contribution in [0.5, 0.6) is 5.75 Å². The van der Waals surface area contributed by atoms with Crippen LogP contribution in [0.3, 0.4) is 0 Å². The summed E-state index contributed by atoms with van der Waals surface area (Å²) in [7, 11) is 1.67. The number of methoxy groups -OCH3 is 1. The molecule has 5 rings (SSSR count). The van der Waals surface area contributed by atoms with Crippen LogP contribution in [0.25, 0.3) is 16.8 Å². The maximum absolute atomic E-state index is 12.9. The van der Waals surface area contributed by atoms with Gasteiger partial charge in [-0.25, -0.2) is 9.50 Å². The third-order valence-electron chi connectivity index (χ3n) is 5.95. The molecule has 0 radical (unpaired) electrons. The predicted molar refractivity (Wildman–Crippen MR) is 122 cm³/mol. The Bertz CT molecular complexity index is 1270. The second-order valence-electron chi connectivity index (χ2n) is 8.23. The number of amides is 1. The molecule has 4 aromatic rings. The third-order valence-corrected chi connectivity index (χ3v) is 5.95. The highest BCUT2D eigenvalue weighted by molar-refractivity contribution is 5.92. The monoisotopic (exact) mass is 427 g/mol. The van der Waals surface area contributed by atoms with Gasteiger partial charge in [0.1, 0.15) is 11.4 Å². The number of fused-ring (bicyclic) bond motifs is 1. The molecule has 7 nitrogen and oxygen atoms in total. The molecule has 1 amide bonds. The van der Waals surface area contributed by atoms with Crippen LogP contribution < -0.4 is 4.74 Å². The summed E-state index contributed by atoms with van der Waals surface area (Å²) in [6.07, 6.45) is 5.61. The molecule has 1 aliphatic rings. The highest BCUT2D eigenvalue weighted by atomic mass is 16.5. The molecule has 1 aromatic carbocycles. The SMILES string of the molecule is COc1cccc(-c2ccc3nc(C4CCCN(C(=O)c5ccc(C)cn5)C4)nn3c2)c1. The van der Waals surface area contributed by atoms with Crippen molar-refractivity contribution in [1.29, 1.82) is 0 Å². The number of hydrogen-bond acceptors (Lipinski definition) is 5. The zero-order valence-electron chi connectivity index (χ0n) is 18.2. The summed E-state index contributed by atoms with van der Waals surface area (Å²) in [5.41, 5.74) is 4.43. The minimum absolute atomic E-state index is 0.0289. The van der Waals surface area contributed by atoms with Crippen molar-refractivity contribution in [1.82, 2.24) is 24.5 Å². The molecule has 1 atom stereocenters. The lowest BCUT2D eigenvalue weighted by atomic mass is 9.97. The summed E-state index contributed by atoms with van der Waals surface area (Å²) in [5.74, 6) is 1.68. The van der Waals surface area contributed by atoms with Crippen LogP contribution in [0, 0.1) is 6.92 Å². The van der Waals surface area contributed by atoms with Gasteiger partial charge in [-0.15, -0.1) is 0 Å². The van der Waals surface area contributed by atoms with Gasteiger partial charge in [-0.1, -0.05) is 18.2 Å². The van der Waals surface area contributed by atoms with Crippen molar-refractivity contribution < 1.29 is 9.53 Å². The number of carbonyl (C=O) groups is 1. The first kappa shape index (κ1) is 20.2. The fourth-order valence-corrected chi connectivity index (χ4v) is 4.18. The first-order chi connectivity index (χ1) is 15.6. The van der Waals surface area contributed by atoms with Crippen LogP contribution in [-0.4, -0.2) is 50.6 Å². The molecule has 162 valence electrons. The highest BCUT2D eigenvalue weighted by Gasteiger charge is 2.28. The molecule has 0 N–H and O–H groups in total. The van der Waals surface area contributed by atoms with E-state index in [1.807, 2.05) is 65.0 Å². The lowest BCUT2D eigenvalue weighted by Crippen LogP contribution is -2.39. The minimum atomic E-state index is -0.0289. The largest absolute Gasteiger partial charge is 0.497 e. The van der Waals surface area contributed by atoms with E-state index in [0.29, 0.717) is 12.2 Å². The van der Waals surface area contributed by atoms with Crippen LogP contribution in [-0.2, 0) is 0 Å². The Morgan fingerprint density at radius 3 is 2.84 bits per heavy atom. The van der Waals surface area contributed by atoms with Crippen molar-refractivity contribution in [3.05, 3.63) is 78.0 Å². The number of carbonyl (C=O) groups excluding carboxylic acids is 1. The van der Waals surface area contributed by atoms with E-state index in [0.717, 1.165) is 53.3 Å². The summed E-state index contributed by atoms with van der Waals surface area (Å²) in [6, 6.07) is 15.7. The average Bonchev–Trinajstić information content (AvgIpc) is 3.28. The summed E-state index contributed by atoms with van der Waals surface area (Å²) >= 11 is 0. The van der Waals surface area contributed by atoms with Gasteiger partial charge in [-0.3, -0.25) is 9.78 Å². The Labute approximate surface area is 186 Å². The van der Waals surface area contributed by atoms with E-state index in [2.05, 4.69) is 4.98 Å². The second kappa shape index (κ2) is 8.42. The minimum Gasteiger partial charge on any atom is -0.497 e. The number of pyridine rings is 2. The van der Waals surface area contributed by atoms with Crippen molar-refractivity contribution >= 4 is 11.6 Å². The highest BCUT2D eigenvalue weighted by Crippen LogP contribution is 2.28. The van der Waals surface area contributed by atoms with Crippen LogP contribution in [0.15, 0.2) is 60.9 Å². The van der Waals surface area contributed by atoms with E-state index in [-0.39, 0.29) is 11.8 Å². The predicted octanol–water partition coefficient (Wildman–Crippen LogP) is 4.13. The second-order valence-corrected chi connectivity index (χ2v) is 8.23. The normalized spacial score (nSPS) is 16.3. The average molecular weight is 428 g/mol. The van der Waals surface area contributed by atoms with Crippen LogP contribution in [0.2, 0.25) is 0 Å². The van der Waals surface area contributed by atoms with Gasteiger partial charge in [0.15, 0.2) is 11.5 Å². The Kier molecular flexibility index (Phi) is 5.31. The van der Waals surface area contributed by atoms with E-state index in [4.69, 9.17) is 14.8 Å². The molecule has 7 heteroatoms.